The maximum atomic E-state index is 13.8. The molecule has 5 heteroatoms. The molecule has 0 saturated heterocycles. The van der Waals surface area contributed by atoms with E-state index in [1.54, 1.807) is 0 Å². The Bertz CT molecular complexity index is 1470. The molecule has 0 bridgehead atoms. The summed E-state index contributed by atoms with van der Waals surface area (Å²) in [5.74, 6) is 0.181. The van der Waals surface area contributed by atoms with Gasteiger partial charge in [0.25, 0.3) is 0 Å². The lowest BCUT2D eigenvalue weighted by Gasteiger charge is -2.34. The molecule has 176 valence electrons. The van der Waals surface area contributed by atoms with Gasteiger partial charge < -0.3 is 9.30 Å². The van der Waals surface area contributed by atoms with E-state index in [0.29, 0.717) is 12.5 Å². The number of hydrogen-bond donors (Lipinski definition) is 0. The normalized spacial score (nSPS) is 20.8. The van der Waals surface area contributed by atoms with Crippen molar-refractivity contribution in [1.29, 1.82) is 0 Å². The number of methoxy groups -OCH3 is 1. The molecule has 0 fully saturated rings. The highest BCUT2D eigenvalue weighted by atomic mass is 16.5. The third kappa shape index (κ3) is 2.94. The minimum atomic E-state index is -0.950. The third-order valence-electron chi connectivity index (χ3n) is 7.69. The number of carbonyl (C=O) groups is 1. The summed E-state index contributed by atoms with van der Waals surface area (Å²) in [6.07, 6.45) is 0. The lowest BCUT2D eigenvalue weighted by atomic mass is 9.74. The first-order valence-electron chi connectivity index (χ1n) is 12.2. The fourth-order valence-corrected chi connectivity index (χ4v) is 5.94. The van der Waals surface area contributed by atoms with Crippen molar-refractivity contribution in [2.75, 3.05) is 12.1 Å². The van der Waals surface area contributed by atoms with Gasteiger partial charge in [0.2, 0.25) is 0 Å². The van der Waals surface area contributed by atoms with E-state index in [2.05, 4.69) is 67.8 Å². The Kier molecular flexibility index (Phi) is 4.85. The zero-order valence-corrected chi connectivity index (χ0v) is 20.5. The summed E-state index contributed by atoms with van der Waals surface area (Å²) >= 11 is 0. The fraction of sp³-hybridized carbons (Fsp3) is 0.267. The number of esters is 1. The Morgan fingerprint density at radius 2 is 1.69 bits per heavy atom. The van der Waals surface area contributed by atoms with Crippen LogP contribution in [-0.2, 0) is 16.1 Å². The summed E-state index contributed by atoms with van der Waals surface area (Å²) in [6, 6.07) is 26.8. The SMILES string of the molecule is COC(=O)[C@@]12Cn3c(c(C)c4ccccc43)C1=NN(c1ccccc1)[C@@H]2c1ccc(C(C)C)cc1. The van der Waals surface area contributed by atoms with E-state index in [0.717, 1.165) is 33.7 Å². The number of aryl methyl sites for hydroxylation is 1. The number of hydrogen-bond acceptors (Lipinski definition) is 4. The van der Waals surface area contributed by atoms with Gasteiger partial charge >= 0.3 is 5.97 Å². The Morgan fingerprint density at radius 1 is 1.00 bits per heavy atom. The van der Waals surface area contributed by atoms with Gasteiger partial charge in [0, 0.05) is 17.4 Å². The van der Waals surface area contributed by atoms with E-state index in [9.17, 15) is 4.79 Å². The molecule has 0 N–H and O–H groups in total. The van der Waals surface area contributed by atoms with Crippen molar-refractivity contribution in [2.45, 2.75) is 39.3 Å². The van der Waals surface area contributed by atoms with Crippen LogP contribution in [0.1, 0.15) is 48.2 Å². The number of benzene rings is 3. The largest absolute Gasteiger partial charge is 0.468 e. The Morgan fingerprint density at radius 3 is 2.37 bits per heavy atom. The van der Waals surface area contributed by atoms with Crippen LogP contribution in [0.25, 0.3) is 10.9 Å². The number of carbonyl (C=O) groups excluding carboxylic acids is 1. The van der Waals surface area contributed by atoms with Gasteiger partial charge in [-0.2, -0.15) is 5.10 Å². The monoisotopic (exact) mass is 463 g/mol. The average molecular weight is 464 g/mol. The molecule has 0 radical (unpaired) electrons. The minimum absolute atomic E-state index is 0.250. The van der Waals surface area contributed by atoms with Crippen molar-refractivity contribution in [3.8, 4) is 0 Å². The second kappa shape index (κ2) is 7.84. The van der Waals surface area contributed by atoms with Crippen LogP contribution < -0.4 is 5.01 Å². The molecule has 0 saturated carbocycles. The van der Waals surface area contributed by atoms with Gasteiger partial charge in [0.05, 0.1) is 18.5 Å². The topological polar surface area (TPSA) is 46.8 Å². The van der Waals surface area contributed by atoms with Crippen molar-refractivity contribution in [1.82, 2.24) is 4.57 Å². The van der Waals surface area contributed by atoms with E-state index >= 15 is 0 Å². The summed E-state index contributed by atoms with van der Waals surface area (Å²) in [6.45, 7) is 7.00. The van der Waals surface area contributed by atoms with Gasteiger partial charge in [0.1, 0.15) is 11.8 Å². The van der Waals surface area contributed by atoms with E-state index in [1.807, 2.05) is 41.4 Å². The van der Waals surface area contributed by atoms with Crippen LogP contribution in [0.15, 0.2) is 84.0 Å². The number of ether oxygens (including phenoxy) is 1. The summed E-state index contributed by atoms with van der Waals surface area (Å²) in [5.41, 5.74) is 6.42. The molecule has 3 heterocycles. The molecule has 1 aromatic heterocycles. The van der Waals surface area contributed by atoms with E-state index in [4.69, 9.17) is 9.84 Å². The maximum absolute atomic E-state index is 13.8. The lowest BCUT2D eigenvalue weighted by Crippen LogP contribution is -2.44. The highest BCUT2D eigenvalue weighted by molar-refractivity contribution is 6.21. The Hall–Kier alpha value is -3.86. The van der Waals surface area contributed by atoms with Crippen LogP contribution in [0, 0.1) is 12.3 Å². The molecule has 4 aromatic rings. The summed E-state index contributed by atoms with van der Waals surface area (Å²) in [4.78, 5) is 13.8. The van der Waals surface area contributed by atoms with Crippen LogP contribution in [0.2, 0.25) is 0 Å². The van der Waals surface area contributed by atoms with E-state index in [1.165, 1.54) is 18.1 Å². The number of aromatic nitrogens is 1. The highest BCUT2D eigenvalue weighted by Crippen LogP contribution is 2.55. The number of nitrogens with zero attached hydrogens (tertiary/aromatic N) is 3. The number of para-hydroxylation sites is 2. The molecule has 3 aromatic carbocycles. The molecule has 5 nitrogen and oxygen atoms in total. The lowest BCUT2D eigenvalue weighted by molar-refractivity contribution is -0.149. The summed E-state index contributed by atoms with van der Waals surface area (Å²) in [5, 5.41) is 8.42. The molecule has 6 rings (SSSR count). The molecule has 2 atom stereocenters. The van der Waals surface area contributed by atoms with Gasteiger partial charge in [-0.25, -0.2) is 0 Å². The van der Waals surface area contributed by atoms with Gasteiger partial charge in [-0.15, -0.1) is 0 Å². The zero-order chi connectivity index (χ0) is 24.3. The molecule has 2 aliphatic heterocycles. The molecule has 0 aliphatic carbocycles. The standard InChI is InChI=1S/C30H29N3O2/c1-19(2)21-14-16-22(17-15-21)28-30(29(34)35-4)18-32-25-13-9-8-12-24(25)20(3)26(32)27(30)31-33(28)23-10-6-5-7-11-23/h5-17,19,28H,18H2,1-4H3/t28-,30+/m1/s1. The van der Waals surface area contributed by atoms with Gasteiger partial charge in [-0.3, -0.25) is 9.80 Å². The van der Waals surface area contributed by atoms with Crippen molar-refractivity contribution in [2.24, 2.45) is 10.5 Å². The molecule has 0 spiro atoms. The zero-order valence-electron chi connectivity index (χ0n) is 20.5. The predicted octanol–water partition coefficient (Wildman–Crippen LogP) is 6.21. The predicted molar refractivity (Wildman–Crippen MR) is 140 cm³/mol. The molecule has 0 unspecified atom stereocenters. The first-order chi connectivity index (χ1) is 17.0. The number of fused-ring (bicyclic) bond motifs is 5. The second-order valence-corrected chi connectivity index (χ2v) is 9.89. The molecular weight excluding hydrogens is 434 g/mol. The third-order valence-corrected chi connectivity index (χ3v) is 7.69. The summed E-state index contributed by atoms with van der Waals surface area (Å²) in [7, 11) is 1.48. The maximum Gasteiger partial charge on any atom is 0.322 e. The van der Waals surface area contributed by atoms with Crippen molar-refractivity contribution < 1.29 is 9.53 Å². The van der Waals surface area contributed by atoms with Gasteiger partial charge in [0.15, 0.2) is 5.41 Å². The van der Waals surface area contributed by atoms with Crippen LogP contribution >= 0.6 is 0 Å². The smallest absolute Gasteiger partial charge is 0.322 e. The van der Waals surface area contributed by atoms with Crippen LogP contribution in [0.5, 0.6) is 0 Å². The molecule has 0 amide bonds. The van der Waals surface area contributed by atoms with E-state index in [-0.39, 0.29) is 12.0 Å². The molecule has 35 heavy (non-hydrogen) atoms. The first kappa shape index (κ1) is 21.7. The fourth-order valence-electron chi connectivity index (χ4n) is 5.94. The highest BCUT2D eigenvalue weighted by Gasteiger charge is 2.63. The summed E-state index contributed by atoms with van der Waals surface area (Å²) < 4.78 is 7.79. The number of anilines is 1. The minimum Gasteiger partial charge on any atom is -0.468 e. The van der Waals surface area contributed by atoms with Crippen LogP contribution in [0.3, 0.4) is 0 Å². The van der Waals surface area contributed by atoms with Crippen molar-refractivity contribution in [3.63, 3.8) is 0 Å². The second-order valence-electron chi connectivity index (χ2n) is 9.89. The van der Waals surface area contributed by atoms with Crippen molar-refractivity contribution in [3.05, 3.63) is 101 Å². The van der Waals surface area contributed by atoms with Crippen molar-refractivity contribution >= 4 is 28.3 Å². The first-order valence-corrected chi connectivity index (χ1v) is 12.2. The number of rotatable bonds is 4. The quantitative estimate of drug-likeness (QED) is 0.338. The molecular formula is C30H29N3O2. The van der Waals surface area contributed by atoms with Gasteiger partial charge in [-0.05, 0) is 47.7 Å². The number of hydrazone groups is 1. The van der Waals surface area contributed by atoms with Gasteiger partial charge in [-0.1, -0.05) is 74.5 Å². The molecule has 2 aliphatic rings. The van der Waals surface area contributed by atoms with Crippen LogP contribution in [-0.4, -0.2) is 23.4 Å². The Balaban J connectivity index is 1.62. The Labute approximate surface area is 205 Å². The van der Waals surface area contributed by atoms with E-state index < -0.39 is 5.41 Å². The average Bonchev–Trinajstić information content (AvgIpc) is 3.49. The van der Waals surface area contributed by atoms with Crippen LogP contribution in [0.4, 0.5) is 5.69 Å².